The highest BCUT2D eigenvalue weighted by molar-refractivity contribution is 5.79. The maximum atomic E-state index is 11.3. The van der Waals surface area contributed by atoms with Crippen LogP contribution >= 0.6 is 0 Å². The molecular formula is C8H11N3O4. The van der Waals surface area contributed by atoms with E-state index in [2.05, 4.69) is 5.10 Å². The van der Waals surface area contributed by atoms with Gasteiger partial charge in [-0.25, -0.2) is 9.89 Å². The number of carboxylic acid groups (broad SMARTS) is 1. The Labute approximate surface area is 84.2 Å². The lowest BCUT2D eigenvalue weighted by molar-refractivity contribution is -0.143. The van der Waals surface area contributed by atoms with Gasteiger partial charge in [0.2, 0.25) is 0 Å². The van der Waals surface area contributed by atoms with Crippen LogP contribution in [0.3, 0.4) is 0 Å². The molecule has 0 bridgehead atoms. The predicted octanol–water partition coefficient (Wildman–Crippen LogP) is -0.789. The number of hydrogen-bond donors (Lipinski definition) is 3. The number of H-pyrrole nitrogens is 2. The minimum Gasteiger partial charge on any atom is -0.481 e. The van der Waals surface area contributed by atoms with E-state index in [-0.39, 0.29) is 12.1 Å². The molecule has 1 aromatic heterocycles. The van der Waals surface area contributed by atoms with Gasteiger partial charge in [0, 0.05) is 0 Å². The molecule has 0 aliphatic carbocycles. The summed E-state index contributed by atoms with van der Waals surface area (Å²) in [7, 11) is 0. The molecule has 7 nitrogen and oxygen atoms in total. The number of nitrogens with zero attached hydrogens (tertiary/aromatic N) is 1. The summed E-state index contributed by atoms with van der Waals surface area (Å²) in [6.45, 7) is 3.01. The number of aromatic amines is 2. The zero-order valence-electron chi connectivity index (χ0n) is 8.33. The number of carboxylic acids is 1. The van der Waals surface area contributed by atoms with Gasteiger partial charge in [-0.3, -0.25) is 14.6 Å². The molecule has 0 aromatic carbocycles. The van der Waals surface area contributed by atoms with Gasteiger partial charge in [0.25, 0.3) is 5.56 Å². The van der Waals surface area contributed by atoms with E-state index in [1.54, 1.807) is 6.92 Å². The molecule has 15 heavy (non-hydrogen) atoms. The van der Waals surface area contributed by atoms with Crippen molar-refractivity contribution in [3.63, 3.8) is 0 Å². The molecule has 3 N–H and O–H groups in total. The molecule has 1 unspecified atom stereocenters. The molecule has 1 aromatic rings. The van der Waals surface area contributed by atoms with Crippen LogP contribution in [0.5, 0.6) is 0 Å². The lowest BCUT2D eigenvalue weighted by Crippen LogP contribution is -2.41. The first-order valence-electron chi connectivity index (χ1n) is 4.34. The van der Waals surface area contributed by atoms with E-state index >= 15 is 0 Å². The maximum absolute atomic E-state index is 11.3. The second-order valence-electron chi connectivity index (χ2n) is 3.35. The van der Waals surface area contributed by atoms with Crippen molar-refractivity contribution in [3.8, 4) is 0 Å². The second-order valence-corrected chi connectivity index (χ2v) is 3.35. The van der Waals surface area contributed by atoms with Crippen LogP contribution in [0.1, 0.15) is 26.0 Å². The molecule has 0 spiro atoms. The minimum atomic E-state index is -1.39. The normalized spacial score (nSPS) is 14.5. The summed E-state index contributed by atoms with van der Waals surface area (Å²) in [5, 5.41) is 14.5. The lowest BCUT2D eigenvalue weighted by Gasteiger charge is -2.20. The molecule has 1 heterocycles. The quantitative estimate of drug-likeness (QED) is 0.608. The zero-order chi connectivity index (χ0) is 11.6. The van der Waals surface area contributed by atoms with Gasteiger partial charge in [-0.1, -0.05) is 6.92 Å². The van der Waals surface area contributed by atoms with Gasteiger partial charge < -0.3 is 5.11 Å². The van der Waals surface area contributed by atoms with E-state index in [9.17, 15) is 14.4 Å². The molecule has 1 rings (SSSR count). The first-order valence-corrected chi connectivity index (χ1v) is 4.34. The summed E-state index contributed by atoms with van der Waals surface area (Å²) in [5.74, 6) is -1.16. The van der Waals surface area contributed by atoms with E-state index in [0.717, 1.165) is 0 Å². The van der Waals surface area contributed by atoms with Crippen LogP contribution in [-0.4, -0.2) is 26.3 Å². The standard InChI is InChI=1S/C8H11N3O4/c1-3-8(2,6(13)14)4-5(12)9-7(15)11-10-4/h3H2,1-2H3,(H,13,14)(H2,9,11,12,15). The summed E-state index contributed by atoms with van der Waals surface area (Å²) in [6, 6.07) is 0. The summed E-state index contributed by atoms with van der Waals surface area (Å²) in [6.07, 6.45) is 0.199. The molecule has 0 aliphatic heterocycles. The van der Waals surface area contributed by atoms with Crippen molar-refractivity contribution in [2.45, 2.75) is 25.7 Å². The molecule has 7 heteroatoms. The molecule has 0 amide bonds. The molecule has 0 aliphatic rings. The smallest absolute Gasteiger partial charge is 0.342 e. The van der Waals surface area contributed by atoms with Gasteiger partial charge in [-0.2, -0.15) is 5.10 Å². The van der Waals surface area contributed by atoms with Crippen molar-refractivity contribution < 1.29 is 9.90 Å². The van der Waals surface area contributed by atoms with Crippen LogP contribution in [0.25, 0.3) is 0 Å². The number of hydrogen-bond acceptors (Lipinski definition) is 4. The first kappa shape index (κ1) is 11.2. The topological polar surface area (TPSA) is 116 Å². The predicted molar refractivity (Wildman–Crippen MR) is 50.8 cm³/mol. The van der Waals surface area contributed by atoms with Crippen molar-refractivity contribution >= 4 is 5.97 Å². The Morgan fingerprint density at radius 3 is 2.53 bits per heavy atom. The maximum Gasteiger partial charge on any atom is 0.342 e. The fourth-order valence-electron chi connectivity index (χ4n) is 1.14. The van der Waals surface area contributed by atoms with Gasteiger partial charge in [-0.05, 0) is 13.3 Å². The summed E-state index contributed by atoms with van der Waals surface area (Å²) in [4.78, 5) is 35.0. The highest BCUT2D eigenvalue weighted by atomic mass is 16.4. The Morgan fingerprint density at radius 2 is 2.13 bits per heavy atom. The van der Waals surface area contributed by atoms with Crippen molar-refractivity contribution in [3.05, 3.63) is 26.5 Å². The molecule has 0 radical (unpaired) electrons. The van der Waals surface area contributed by atoms with E-state index in [4.69, 9.17) is 5.11 Å². The summed E-state index contributed by atoms with van der Waals surface area (Å²) >= 11 is 0. The zero-order valence-corrected chi connectivity index (χ0v) is 8.33. The average molecular weight is 213 g/mol. The first-order chi connectivity index (χ1) is 6.91. The molecule has 1 atom stereocenters. The molecule has 0 saturated carbocycles. The third-order valence-corrected chi connectivity index (χ3v) is 2.41. The van der Waals surface area contributed by atoms with Crippen molar-refractivity contribution in [2.75, 3.05) is 0 Å². The SMILES string of the molecule is CCC(C)(C(=O)O)c1n[nH]c(=O)[nH]c1=O. The van der Waals surface area contributed by atoms with Crippen LogP contribution in [0.2, 0.25) is 0 Å². The number of aromatic nitrogens is 3. The van der Waals surface area contributed by atoms with Gasteiger partial charge >= 0.3 is 11.7 Å². The van der Waals surface area contributed by atoms with Crippen LogP contribution in [0, 0.1) is 0 Å². The van der Waals surface area contributed by atoms with E-state index in [1.165, 1.54) is 6.92 Å². The Kier molecular flexibility index (Phi) is 2.74. The molecule has 0 fully saturated rings. The fourth-order valence-corrected chi connectivity index (χ4v) is 1.14. The minimum absolute atomic E-state index is 0.197. The van der Waals surface area contributed by atoms with Gasteiger partial charge in [0.1, 0.15) is 11.1 Å². The highest BCUT2D eigenvalue weighted by Crippen LogP contribution is 2.22. The van der Waals surface area contributed by atoms with Crippen LogP contribution < -0.4 is 11.2 Å². The Balaban J connectivity index is 3.44. The average Bonchev–Trinajstić information content (AvgIpc) is 2.16. The van der Waals surface area contributed by atoms with Crippen LogP contribution in [-0.2, 0) is 10.2 Å². The van der Waals surface area contributed by atoms with E-state index in [1.807, 2.05) is 10.1 Å². The largest absolute Gasteiger partial charge is 0.481 e. The highest BCUT2D eigenvalue weighted by Gasteiger charge is 2.37. The number of rotatable bonds is 3. The fraction of sp³-hybridized carbons (Fsp3) is 0.500. The molecule has 82 valence electrons. The van der Waals surface area contributed by atoms with Gasteiger partial charge in [0.15, 0.2) is 0 Å². The number of nitrogens with one attached hydrogen (secondary N) is 2. The Hall–Kier alpha value is -1.92. The lowest BCUT2D eigenvalue weighted by atomic mass is 9.84. The third kappa shape index (κ3) is 1.80. The van der Waals surface area contributed by atoms with Gasteiger partial charge in [0.05, 0.1) is 0 Å². The summed E-state index contributed by atoms with van der Waals surface area (Å²) in [5.41, 5.74) is -3.12. The van der Waals surface area contributed by atoms with Crippen molar-refractivity contribution in [2.24, 2.45) is 0 Å². The van der Waals surface area contributed by atoms with Crippen molar-refractivity contribution in [1.82, 2.24) is 15.2 Å². The molecule has 0 saturated heterocycles. The number of aliphatic carboxylic acids is 1. The Bertz CT molecular complexity index is 489. The molecular weight excluding hydrogens is 202 g/mol. The van der Waals surface area contributed by atoms with Crippen LogP contribution in [0.15, 0.2) is 9.59 Å². The van der Waals surface area contributed by atoms with Crippen molar-refractivity contribution in [1.29, 1.82) is 0 Å². The summed E-state index contributed by atoms with van der Waals surface area (Å²) < 4.78 is 0. The van der Waals surface area contributed by atoms with E-state index in [0.29, 0.717) is 0 Å². The van der Waals surface area contributed by atoms with Gasteiger partial charge in [-0.15, -0.1) is 0 Å². The number of carbonyl (C=O) groups is 1. The third-order valence-electron chi connectivity index (χ3n) is 2.41. The van der Waals surface area contributed by atoms with E-state index < -0.39 is 22.6 Å². The van der Waals surface area contributed by atoms with Crippen LogP contribution in [0.4, 0.5) is 0 Å². The Morgan fingerprint density at radius 1 is 1.53 bits per heavy atom. The monoisotopic (exact) mass is 213 g/mol. The second kappa shape index (κ2) is 3.68.